The number of hydrogen-bond donors (Lipinski definition) is 1. The maximum atomic E-state index is 11.9. The Bertz CT molecular complexity index is 682. The van der Waals surface area contributed by atoms with Crippen LogP contribution in [0.25, 0.3) is 0 Å². The van der Waals surface area contributed by atoms with Crippen molar-refractivity contribution in [2.75, 3.05) is 11.1 Å². The number of amides is 1. The molecule has 2 aromatic rings. The van der Waals surface area contributed by atoms with Crippen LogP contribution in [-0.2, 0) is 4.79 Å². The molecule has 1 amide bonds. The second-order valence-electron chi connectivity index (χ2n) is 4.27. The molecule has 0 aromatic heterocycles. The van der Waals surface area contributed by atoms with Crippen molar-refractivity contribution in [2.24, 2.45) is 0 Å². The van der Waals surface area contributed by atoms with Crippen LogP contribution in [0.2, 0.25) is 0 Å². The van der Waals surface area contributed by atoms with Crippen molar-refractivity contribution in [3.8, 4) is 6.07 Å². The molecule has 0 saturated carbocycles. The van der Waals surface area contributed by atoms with Gasteiger partial charge in [-0.15, -0.1) is 11.8 Å². The van der Waals surface area contributed by atoms with E-state index in [0.717, 1.165) is 9.37 Å². The van der Waals surface area contributed by atoms with E-state index in [-0.39, 0.29) is 5.91 Å². The molecule has 0 aliphatic carbocycles. The molecule has 2 aromatic carbocycles. The van der Waals surface area contributed by atoms with Crippen LogP contribution in [0.4, 0.5) is 5.69 Å². The van der Waals surface area contributed by atoms with Crippen LogP contribution < -0.4 is 5.32 Å². The summed E-state index contributed by atoms with van der Waals surface area (Å²) in [6.07, 6.45) is 0.419. The number of rotatable bonds is 5. The molecular weight excluding hydrogens is 348 g/mol. The first-order chi connectivity index (χ1) is 10.2. The number of halogens is 1. The summed E-state index contributed by atoms with van der Waals surface area (Å²) in [7, 11) is 0. The molecule has 0 aliphatic heterocycles. The molecule has 0 aliphatic rings. The SMILES string of the molecule is N#Cc1cccc(NC(=O)CCSc2ccccc2Br)c1. The summed E-state index contributed by atoms with van der Waals surface area (Å²) in [5, 5.41) is 11.6. The molecule has 0 heterocycles. The van der Waals surface area contributed by atoms with E-state index in [1.807, 2.05) is 24.3 Å². The summed E-state index contributed by atoms with van der Waals surface area (Å²) in [5.74, 6) is 0.650. The Morgan fingerprint density at radius 1 is 1.24 bits per heavy atom. The highest BCUT2D eigenvalue weighted by atomic mass is 79.9. The molecule has 0 spiro atoms. The summed E-state index contributed by atoms with van der Waals surface area (Å²) in [6, 6.07) is 16.9. The van der Waals surface area contributed by atoms with Gasteiger partial charge in [-0.3, -0.25) is 4.79 Å². The Labute approximate surface area is 136 Å². The average Bonchev–Trinajstić information content (AvgIpc) is 2.49. The fourth-order valence-electron chi connectivity index (χ4n) is 1.71. The number of thioether (sulfide) groups is 1. The van der Waals surface area contributed by atoms with Gasteiger partial charge in [0, 0.05) is 27.2 Å². The molecular formula is C16H13BrN2OS. The Kier molecular flexibility index (Phi) is 5.85. The maximum Gasteiger partial charge on any atom is 0.225 e. The predicted molar refractivity (Wildman–Crippen MR) is 89.3 cm³/mol. The van der Waals surface area contributed by atoms with E-state index >= 15 is 0 Å². The Morgan fingerprint density at radius 2 is 2.05 bits per heavy atom. The summed E-state index contributed by atoms with van der Waals surface area (Å²) in [5.41, 5.74) is 1.19. The molecule has 0 radical (unpaired) electrons. The van der Waals surface area contributed by atoms with Crippen molar-refractivity contribution >= 4 is 39.3 Å². The van der Waals surface area contributed by atoms with E-state index < -0.39 is 0 Å². The zero-order valence-electron chi connectivity index (χ0n) is 11.2. The van der Waals surface area contributed by atoms with Crippen molar-refractivity contribution in [3.05, 3.63) is 58.6 Å². The van der Waals surface area contributed by atoms with Crippen LogP contribution in [0.1, 0.15) is 12.0 Å². The van der Waals surface area contributed by atoms with Crippen molar-refractivity contribution in [2.45, 2.75) is 11.3 Å². The van der Waals surface area contributed by atoms with Gasteiger partial charge in [-0.1, -0.05) is 18.2 Å². The Balaban J connectivity index is 1.83. The second kappa shape index (κ2) is 7.87. The third-order valence-electron chi connectivity index (χ3n) is 2.70. The monoisotopic (exact) mass is 360 g/mol. The minimum Gasteiger partial charge on any atom is -0.326 e. The molecule has 1 N–H and O–H groups in total. The molecule has 0 fully saturated rings. The van der Waals surface area contributed by atoms with Gasteiger partial charge in [-0.2, -0.15) is 5.26 Å². The average molecular weight is 361 g/mol. The number of nitrogens with zero attached hydrogens (tertiary/aromatic N) is 1. The van der Waals surface area contributed by atoms with Crippen LogP contribution in [0, 0.1) is 11.3 Å². The topological polar surface area (TPSA) is 52.9 Å². The van der Waals surface area contributed by atoms with Crippen molar-refractivity contribution in [3.63, 3.8) is 0 Å². The van der Waals surface area contributed by atoms with Crippen LogP contribution in [-0.4, -0.2) is 11.7 Å². The molecule has 5 heteroatoms. The van der Waals surface area contributed by atoms with Gasteiger partial charge in [0.05, 0.1) is 11.6 Å². The molecule has 21 heavy (non-hydrogen) atoms. The van der Waals surface area contributed by atoms with E-state index in [2.05, 4.69) is 27.3 Å². The van der Waals surface area contributed by atoms with Gasteiger partial charge in [0.15, 0.2) is 0 Å². The smallest absolute Gasteiger partial charge is 0.225 e. The first-order valence-electron chi connectivity index (χ1n) is 6.36. The first kappa shape index (κ1) is 15.6. The molecule has 0 saturated heterocycles. The quantitative estimate of drug-likeness (QED) is 0.801. The molecule has 0 atom stereocenters. The number of nitriles is 1. The highest BCUT2D eigenvalue weighted by Crippen LogP contribution is 2.27. The van der Waals surface area contributed by atoms with Gasteiger partial charge in [0.25, 0.3) is 0 Å². The minimum atomic E-state index is -0.0513. The molecule has 106 valence electrons. The largest absolute Gasteiger partial charge is 0.326 e. The van der Waals surface area contributed by atoms with Gasteiger partial charge in [-0.05, 0) is 46.3 Å². The molecule has 3 nitrogen and oxygen atoms in total. The highest BCUT2D eigenvalue weighted by molar-refractivity contribution is 9.10. The summed E-state index contributed by atoms with van der Waals surface area (Å²) >= 11 is 5.11. The van der Waals surface area contributed by atoms with E-state index in [4.69, 9.17) is 5.26 Å². The minimum absolute atomic E-state index is 0.0513. The normalized spacial score (nSPS) is 9.90. The second-order valence-corrected chi connectivity index (χ2v) is 6.26. The molecule has 2 rings (SSSR count). The van der Waals surface area contributed by atoms with Gasteiger partial charge >= 0.3 is 0 Å². The summed E-state index contributed by atoms with van der Waals surface area (Å²) in [6.45, 7) is 0. The summed E-state index contributed by atoms with van der Waals surface area (Å²) in [4.78, 5) is 13.0. The zero-order chi connectivity index (χ0) is 15.1. The summed E-state index contributed by atoms with van der Waals surface area (Å²) < 4.78 is 1.04. The number of benzene rings is 2. The number of carbonyl (C=O) groups is 1. The lowest BCUT2D eigenvalue weighted by atomic mass is 10.2. The van der Waals surface area contributed by atoms with E-state index in [1.54, 1.807) is 36.0 Å². The van der Waals surface area contributed by atoms with Crippen molar-refractivity contribution in [1.82, 2.24) is 0 Å². The lowest BCUT2D eigenvalue weighted by Crippen LogP contribution is -2.12. The first-order valence-corrected chi connectivity index (χ1v) is 8.14. The fourth-order valence-corrected chi connectivity index (χ4v) is 3.22. The Morgan fingerprint density at radius 3 is 2.81 bits per heavy atom. The van der Waals surface area contributed by atoms with Crippen LogP contribution in [0.15, 0.2) is 57.9 Å². The molecule has 0 unspecified atom stereocenters. The third kappa shape index (κ3) is 4.92. The van der Waals surface area contributed by atoms with E-state index in [1.165, 1.54) is 0 Å². The van der Waals surface area contributed by atoms with Gasteiger partial charge in [0.1, 0.15) is 0 Å². The van der Waals surface area contributed by atoms with E-state index in [9.17, 15) is 4.79 Å². The van der Waals surface area contributed by atoms with Gasteiger partial charge in [-0.25, -0.2) is 0 Å². The predicted octanol–water partition coefficient (Wildman–Crippen LogP) is 4.44. The zero-order valence-corrected chi connectivity index (χ0v) is 13.6. The number of nitrogens with one attached hydrogen (secondary N) is 1. The van der Waals surface area contributed by atoms with E-state index in [0.29, 0.717) is 23.4 Å². The van der Waals surface area contributed by atoms with Gasteiger partial charge < -0.3 is 5.32 Å². The van der Waals surface area contributed by atoms with Crippen LogP contribution >= 0.6 is 27.7 Å². The van der Waals surface area contributed by atoms with Crippen LogP contribution in [0.3, 0.4) is 0 Å². The number of carbonyl (C=O) groups excluding carboxylic acids is 1. The fraction of sp³-hybridized carbons (Fsp3) is 0.125. The third-order valence-corrected chi connectivity index (χ3v) is 4.73. The van der Waals surface area contributed by atoms with Gasteiger partial charge in [0.2, 0.25) is 5.91 Å². The Hall–Kier alpha value is -1.77. The number of hydrogen-bond acceptors (Lipinski definition) is 3. The standard InChI is InChI=1S/C16H13BrN2OS/c17-14-6-1-2-7-15(14)21-9-8-16(20)19-13-5-3-4-12(10-13)11-18/h1-7,10H,8-9H2,(H,19,20). The van der Waals surface area contributed by atoms with Crippen LogP contribution in [0.5, 0.6) is 0 Å². The van der Waals surface area contributed by atoms with Crippen molar-refractivity contribution < 1.29 is 4.79 Å². The number of anilines is 1. The lowest BCUT2D eigenvalue weighted by molar-refractivity contribution is -0.115. The lowest BCUT2D eigenvalue weighted by Gasteiger charge is -2.06. The molecule has 0 bridgehead atoms. The maximum absolute atomic E-state index is 11.9. The van der Waals surface area contributed by atoms with Crippen molar-refractivity contribution in [1.29, 1.82) is 5.26 Å². The highest BCUT2D eigenvalue weighted by Gasteiger charge is 2.05.